The Balaban J connectivity index is 1.54. The summed E-state index contributed by atoms with van der Waals surface area (Å²) in [6.07, 6.45) is 0. The maximum Gasteiger partial charge on any atom is 0.328 e. The van der Waals surface area contributed by atoms with Crippen LogP contribution >= 0.6 is 11.3 Å². The quantitative estimate of drug-likeness (QED) is 0.782. The lowest BCUT2D eigenvalue weighted by atomic mass is 10.1. The number of benzene rings is 1. The molecule has 2 saturated heterocycles. The van der Waals surface area contributed by atoms with Gasteiger partial charge in [0.05, 0.1) is 17.5 Å². The van der Waals surface area contributed by atoms with Gasteiger partial charge in [0.2, 0.25) is 0 Å². The number of hydrogen-bond donors (Lipinski definition) is 0. The maximum atomic E-state index is 12.9. The van der Waals surface area contributed by atoms with Crippen LogP contribution in [-0.2, 0) is 4.79 Å². The highest BCUT2D eigenvalue weighted by Gasteiger charge is 2.50. The Morgan fingerprint density at radius 3 is 2.58 bits per heavy atom. The van der Waals surface area contributed by atoms with Gasteiger partial charge in [-0.1, -0.05) is 36.4 Å². The first-order valence-corrected chi connectivity index (χ1v) is 9.47. The molecule has 3 heterocycles. The van der Waals surface area contributed by atoms with E-state index in [9.17, 15) is 14.4 Å². The van der Waals surface area contributed by atoms with Gasteiger partial charge in [0, 0.05) is 13.1 Å². The van der Waals surface area contributed by atoms with Crippen LogP contribution < -0.4 is 0 Å². The minimum atomic E-state index is -0.591. The molecule has 1 aromatic heterocycles. The fraction of sp³-hybridized carbons (Fsp3) is 0.316. The molecule has 1 aromatic carbocycles. The van der Waals surface area contributed by atoms with Gasteiger partial charge in [-0.3, -0.25) is 14.5 Å². The lowest BCUT2D eigenvalue weighted by Crippen LogP contribution is -2.54. The number of thiophene rings is 1. The van der Waals surface area contributed by atoms with Crippen molar-refractivity contribution in [3.05, 3.63) is 58.3 Å². The summed E-state index contributed by atoms with van der Waals surface area (Å²) in [6.45, 7) is 2.93. The molecule has 0 spiro atoms. The summed E-state index contributed by atoms with van der Waals surface area (Å²) in [6, 6.07) is 11.9. The Hall–Kier alpha value is -2.67. The van der Waals surface area contributed by atoms with Crippen LogP contribution in [0.3, 0.4) is 0 Å². The highest BCUT2D eigenvalue weighted by atomic mass is 32.1. The predicted octanol–water partition coefficient (Wildman–Crippen LogP) is 2.60. The van der Waals surface area contributed by atoms with Crippen LogP contribution in [0.1, 0.15) is 28.2 Å². The number of amides is 4. The van der Waals surface area contributed by atoms with E-state index < -0.39 is 6.04 Å². The molecule has 4 amide bonds. The van der Waals surface area contributed by atoms with E-state index >= 15 is 0 Å². The number of carbonyl (C=O) groups is 3. The predicted molar refractivity (Wildman–Crippen MR) is 97.8 cm³/mol. The van der Waals surface area contributed by atoms with Crippen LogP contribution in [0.25, 0.3) is 0 Å². The zero-order chi connectivity index (χ0) is 18.3. The van der Waals surface area contributed by atoms with Gasteiger partial charge in [0.25, 0.3) is 11.8 Å². The minimum absolute atomic E-state index is 0.0746. The van der Waals surface area contributed by atoms with Gasteiger partial charge in [-0.15, -0.1) is 11.3 Å². The molecule has 7 heteroatoms. The Kier molecular flexibility index (Phi) is 4.24. The first kappa shape index (κ1) is 16.8. The van der Waals surface area contributed by atoms with Crippen LogP contribution in [-0.4, -0.2) is 58.2 Å². The van der Waals surface area contributed by atoms with Crippen LogP contribution in [0.4, 0.5) is 4.79 Å². The number of piperazine rings is 1. The summed E-state index contributed by atoms with van der Waals surface area (Å²) in [7, 11) is 0. The molecule has 6 nitrogen and oxygen atoms in total. The van der Waals surface area contributed by atoms with Crippen molar-refractivity contribution in [2.45, 2.75) is 19.0 Å². The third-order valence-corrected chi connectivity index (χ3v) is 5.90. The number of imide groups is 1. The summed E-state index contributed by atoms with van der Waals surface area (Å²) in [5.74, 6) is -0.301. The van der Waals surface area contributed by atoms with Crippen molar-refractivity contribution in [3.63, 3.8) is 0 Å². The SMILES string of the molecule is CC(c1ccccc1)N1C(=O)C2CN(C(=O)c3cccs3)CCN2C1=O. The average Bonchev–Trinajstić information content (AvgIpc) is 3.29. The van der Waals surface area contributed by atoms with Crippen LogP contribution in [0, 0.1) is 0 Å². The third-order valence-electron chi connectivity index (χ3n) is 5.04. The summed E-state index contributed by atoms with van der Waals surface area (Å²) < 4.78 is 0. The maximum absolute atomic E-state index is 12.9. The average molecular weight is 369 g/mol. The molecule has 134 valence electrons. The fourth-order valence-electron chi connectivity index (χ4n) is 3.59. The van der Waals surface area contributed by atoms with Crippen LogP contribution in [0.5, 0.6) is 0 Å². The lowest BCUT2D eigenvalue weighted by Gasteiger charge is -2.35. The third kappa shape index (κ3) is 2.68. The van der Waals surface area contributed by atoms with Gasteiger partial charge in [-0.25, -0.2) is 4.79 Å². The Bertz CT molecular complexity index is 837. The van der Waals surface area contributed by atoms with Crippen molar-refractivity contribution < 1.29 is 14.4 Å². The molecule has 2 unspecified atom stereocenters. The van der Waals surface area contributed by atoms with Gasteiger partial charge in [-0.2, -0.15) is 0 Å². The minimum Gasteiger partial charge on any atom is -0.334 e. The summed E-state index contributed by atoms with van der Waals surface area (Å²) in [5, 5.41) is 1.86. The number of urea groups is 1. The molecule has 4 rings (SSSR count). The van der Waals surface area contributed by atoms with Crippen molar-refractivity contribution in [3.8, 4) is 0 Å². The molecular formula is C19H19N3O3S. The van der Waals surface area contributed by atoms with E-state index in [-0.39, 0.29) is 30.4 Å². The largest absolute Gasteiger partial charge is 0.334 e. The van der Waals surface area contributed by atoms with Gasteiger partial charge < -0.3 is 9.80 Å². The second-order valence-electron chi connectivity index (χ2n) is 6.52. The molecule has 0 N–H and O–H groups in total. The summed E-state index contributed by atoms with van der Waals surface area (Å²) in [4.78, 5) is 43.6. The summed E-state index contributed by atoms with van der Waals surface area (Å²) >= 11 is 1.39. The number of hydrogen-bond acceptors (Lipinski definition) is 4. The highest BCUT2D eigenvalue weighted by Crippen LogP contribution is 2.30. The summed E-state index contributed by atoms with van der Waals surface area (Å²) in [5.41, 5.74) is 0.917. The topological polar surface area (TPSA) is 60.9 Å². The van der Waals surface area contributed by atoms with Crippen molar-refractivity contribution in [1.29, 1.82) is 0 Å². The molecule has 0 bridgehead atoms. The molecule has 2 fully saturated rings. The van der Waals surface area contributed by atoms with Gasteiger partial charge >= 0.3 is 6.03 Å². The number of rotatable bonds is 3. The van der Waals surface area contributed by atoms with Crippen molar-refractivity contribution in [2.75, 3.05) is 19.6 Å². The van der Waals surface area contributed by atoms with Gasteiger partial charge in [-0.05, 0) is 23.9 Å². The standard InChI is InChI=1S/C19H19N3O3S/c1-13(14-6-3-2-4-7-14)22-17(23)15-12-20(9-10-21(15)19(22)25)18(24)16-8-5-11-26-16/h2-8,11,13,15H,9-10,12H2,1H3. The number of fused-ring (bicyclic) bond motifs is 1. The van der Waals surface area contributed by atoms with Crippen molar-refractivity contribution >= 4 is 29.2 Å². The smallest absolute Gasteiger partial charge is 0.328 e. The van der Waals surface area contributed by atoms with Crippen molar-refractivity contribution in [1.82, 2.24) is 14.7 Å². The molecule has 0 saturated carbocycles. The van der Waals surface area contributed by atoms with Crippen molar-refractivity contribution in [2.24, 2.45) is 0 Å². The molecule has 2 aliphatic heterocycles. The second-order valence-corrected chi connectivity index (χ2v) is 7.46. The van der Waals surface area contributed by atoms with Crippen LogP contribution in [0.2, 0.25) is 0 Å². The molecule has 0 aliphatic carbocycles. The second kappa shape index (κ2) is 6.57. The molecule has 2 aromatic rings. The molecular weight excluding hydrogens is 350 g/mol. The number of nitrogens with zero attached hydrogens (tertiary/aromatic N) is 3. The normalized spacial score (nSPS) is 21.1. The zero-order valence-corrected chi connectivity index (χ0v) is 15.2. The molecule has 26 heavy (non-hydrogen) atoms. The number of carbonyl (C=O) groups excluding carboxylic acids is 3. The highest BCUT2D eigenvalue weighted by molar-refractivity contribution is 7.12. The molecule has 2 atom stereocenters. The van der Waals surface area contributed by atoms with E-state index in [0.29, 0.717) is 18.0 Å². The Morgan fingerprint density at radius 2 is 1.88 bits per heavy atom. The fourth-order valence-corrected chi connectivity index (χ4v) is 4.28. The van der Waals surface area contributed by atoms with E-state index in [0.717, 1.165) is 5.56 Å². The molecule has 2 aliphatic rings. The Morgan fingerprint density at radius 1 is 1.12 bits per heavy atom. The van der Waals surface area contributed by atoms with Gasteiger partial charge in [0.1, 0.15) is 6.04 Å². The first-order chi connectivity index (χ1) is 12.6. The van der Waals surface area contributed by atoms with E-state index in [1.54, 1.807) is 15.9 Å². The first-order valence-electron chi connectivity index (χ1n) is 8.59. The molecule has 0 radical (unpaired) electrons. The monoisotopic (exact) mass is 369 g/mol. The van der Waals surface area contributed by atoms with Crippen LogP contribution in [0.15, 0.2) is 47.8 Å². The van der Waals surface area contributed by atoms with E-state index in [1.165, 1.54) is 16.2 Å². The zero-order valence-electron chi connectivity index (χ0n) is 14.4. The lowest BCUT2D eigenvalue weighted by molar-refractivity contribution is -0.130. The van der Waals surface area contributed by atoms with E-state index in [1.807, 2.05) is 48.7 Å². The van der Waals surface area contributed by atoms with Gasteiger partial charge in [0.15, 0.2) is 0 Å². The van der Waals surface area contributed by atoms with E-state index in [4.69, 9.17) is 0 Å². The Labute approximate surface area is 155 Å². The van der Waals surface area contributed by atoms with E-state index in [2.05, 4.69) is 0 Å².